The fourth-order valence-electron chi connectivity index (χ4n) is 1.16. The Balaban J connectivity index is 2.86. The van der Waals surface area contributed by atoms with Gasteiger partial charge >= 0.3 is 0 Å². The third-order valence-corrected chi connectivity index (χ3v) is 2.09. The number of rotatable bonds is 1. The lowest BCUT2D eigenvalue weighted by Gasteiger charge is -2.27. The van der Waals surface area contributed by atoms with Crippen LogP contribution in [0.15, 0.2) is 30.3 Å². The molecule has 1 aromatic carbocycles. The Morgan fingerprint density at radius 1 is 1.08 bits per heavy atom. The van der Waals surface area contributed by atoms with Gasteiger partial charge in [0.15, 0.2) is 0 Å². The molecule has 1 unspecified atom stereocenters. The van der Waals surface area contributed by atoms with Gasteiger partial charge in [-0.2, -0.15) is 0 Å². The second-order valence-electron chi connectivity index (χ2n) is 4.25. The summed E-state index contributed by atoms with van der Waals surface area (Å²) < 4.78 is 0. The van der Waals surface area contributed by atoms with E-state index in [1.165, 1.54) is 5.56 Å². The summed E-state index contributed by atoms with van der Waals surface area (Å²) in [4.78, 5) is 0. The van der Waals surface area contributed by atoms with Gasteiger partial charge in [-0.3, -0.25) is 0 Å². The molecule has 1 atom stereocenters. The van der Waals surface area contributed by atoms with Crippen molar-refractivity contribution in [2.24, 2.45) is 11.1 Å². The lowest BCUT2D eigenvalue weighted by Crippen LogP contribution is -2.25. The predicted molar refractivity (Wildman–Crippen MR) is 52.8 cm³/mol. The van der Waals surface area contributed by atoms with Gasteiger partial charge in [0.05, 0.1) is 0 Å². The van der Waals surface area contributed by atoms with Gasteiger partial charge in [0, 0.05) is 6.04 Å². The average molecular weight is 163 g/mol. The van der Waals surface area contributed by atoms with Crippen LogP contribution in [0.1, 0.15) is 32.4 Å². The summed E-state index contributed by atoms with van der Waals surface area (Å²) in [5, 5.41) is 0. The Labute approximate surface area is 74.6 Å². The lowest BCUT2D eigenvalue weighted by molar-refractivity contribution is 0.327. The maximum atomic E-state index is 6.07. The first-order chi connectivity index (χ1) is 5.52. The average Bonchev–Trinajstić information content (AvgIpc) is 2.03. The first-order valence-corrected chi connectivity index (χ1v) is 4.32. The molecule has 0 aromatic heterocycles. The van der Waals surface area contributed by atoms with E-state index in [4.69, 9.17) is 5.73 Å². The van der Waals surface area contributed by atoms with Crippen LogP contribution in [0, 0.1) is 5.41 Å². The summed E-state index contributed by atoms with van der Waals surface area (Å²) in [6.45, 7) is 6.47. The number of hydrogen-bond acceptors (Lipinski definition) is 1. The molecule has 0 aliphatic carbocycles. The minimum atomic E-state index is 0.124. The molecule has 0 amide bonds. The molecule has 0 aliphatic rings. The van der Waals surface area contributed by atoms with Crippen LogP contribution in [0.4, 0.5) is 0 Å². The summed E-state index contributed by atoms with van der Waals surface area (Å²) >= 11 is 0. The van der Waals surface area contributed by atoms with Crippen LogP contribution in [0.3, 0.4) is 0 Å². The van der Waals surface area contributed by atoms with Crippen molar-refractivity contribution >= 4 is 0 Å². The molecule has 0 heterocycles. The molecule has 1 nitrogen and oxygen atoms in total. The first-order valence-electron chi connectivity index (χ1n) is 4.32. The van der Waals surface area contributed by atoms with Crippen molar-refractivity contribution < 1.29 is 0 Å². The zero-order chi connectivity index (χ0) is 9.19. The second kappa shape index (κ2) is 3.28. The highest BCUT2D eigenvalue weighted by molar-refractivity contribution is 5.19. The second-order valence-corrected chi connectivity index (χ2v) is 4.25. The molecule has 12 heavy (non-hydrogen) atoms. The zero-order valence-electron chi connectivity index (χ0n) is 8.04. The molecule has 1 heteroatoms. The van der Waals surface area contributed by atoms with E-state index in [-0.39, 0.29) is 11.5 Å². The molecule has 0 aliphatic heterocycles. The molecule has 1 aromatic rings. The Hall–Kier alpha value is -0.820. The summed E-state index contributed by atoms with van der Waals surface area (Å²) in [5.74, 6) is 0. The summed E-state index contributed by atoms with van der Waals surface area (Å²) in [5.41, 5.74) is 7.43. The van der Waals surface area contributed by atoms with Gasteiger partial charge in [0.1, 0.15) is 0 Å². The molecule has 0 saturated heterocycles. The molecule has 0 radical (unpaired) electrons. The predicted octanol–water partition coefficient (Wildman–Crippen LogP) is 2.73. The van der Waals surface area contributed by atoms with Crippen molar-refractivity contribution in [1.29, 1.82) is 0 Å². The van der Waals surface area contributed by atoms with Crippen molar-refractivity contribution in [3.05, 3.63) is 35.9 Å². The highest BCUT2D eigenvalue weighted by Crippen LogP contribution is 2.29. The summed E-state index contributed by atoms with van der Waals surface area (Å²) in [6, 6.07) is 10.4. The molecule has 66 valence electrons. The smallest absolute Gasteiger partial charge is 0.0344 e. The van der Waals surface area contributed by atoms with Gasteiger partial charge in [-0.05, 0) is 11.0 Å². The van der Waals surface area contributed by atoms with E-state index < -0.39 is 0 Å². The van der Waals surface area contributed by atoms with Crippen LogP contribution in [0.2, 0.25) is 0 Å². The van der Waals surface area contributed by atoms with E-state index >= 15 is 0 Å². The molecular formula is C11H17N. The lowest BCUT2D eigenvalue weighted by atomic mass is 9.83. The monoisotopic (exact) mass is 163 g/mol. The summed E-state index contributed by atoms with van der Waals surface area (Å²) in [7, 11) is 0. The quantitative estimate of drug-likeness (QED) is 0.676. The van der Waals surface area contributed by atoms with Crippen LogP contribution < -0.4 is 5.73 Å². The maximum Gasteiger partial charge on any atom is 0.0344 e. The normalized spacial score (nSPS) is 14.3. The molecule has 0 fully saturated rings. The van der Waals surface area contributed by atoms with Crippen molar-refractivity contribution in [3.8, 4) is 0 Å². The Kier molecular flexibility index (Phi) is 2.53. The van der Waals surface area contributed by atoms with Gasteiger partial charge in [-0.25, -0.2) is 0 Å². The third kappa shape index (κ3) is 2.08. The molecular weight excluding hydrogens is 146 g/mol. The zero-order valence-corrected chi connectivity index (χ0v) is 8.04. The van der Waals surface area contributed by atoms with Gasteiger partial charge in [0.2, 0.25) is 0 Å². The maximum absolute atomic E-state index is 6.07. The molecule has 0 spiro atoms. The SMILES string of the molecule is CC(C)(C)C(N)c1ccccc1. The molecule has 1 rings (SSSR count). The van der Waals surface area contributed by atoms with E-state index in [0.29, 0.717) is 0 Å². The first kappa shape index (κ1) is 9.27. The van der Waals surface area contributed by atoms with Crippen molar-refractivity contribution in [2.45, 2.75) is 26.8 Å². The van der Waals surface area contributed by atoms with Crippen LogP contribution in [-0.2, 0) is 0 Å². The minimum absolute atomic E-state index is 0.124. The van der Waals surface area contributed by atoms with E-state index in [9.17, 15) is 0 Å². The fourth-order valence-corrected chi connectivity index (χ4v) is 1.16. The van der Waals surface area contributed by atoms with Gasteiger partial charge in [-0.15, -0.1) is 0 Å². The molecule has 0 saturated carbocycles. The van der Waals surface area contributed by atoms with Crippen molar-refractivity contribution in [1.82, 2.24) is 0 Å². The largest absolute Gasteiger partial charge is 0.324 e. The van der Waals surface area contributed by atoms with E-state index in [1.54, 1.807) is 0 Å². The number of benzene rings is 1. The fraction of sp³-hybridized carbons (Fsp3) is 0.455. The Morgan fingerprint density at radius 2 is 1.58 bits per heavy atom. The van der Waals surface area contributed by atoms with E-state index in [2.05, 4.69) is 32.9 Å². The third-order valence-electron chi connectivity index (χ3n) is 2.09. The van der Waals surface area contributed by atoms with E-state index in [1.807, 2.05) is 18.2 Å². The van der Waals surface area contributed by atoms with Crippen molar-refractivity contribution in [2.75, 3.05) is 0 Å². The Bertz CT molecular complexity index is 233. The number of hydrogen-bond donors (Lipinski definition) is 1. The molecule has 2 N–H and O–H groups in total. The molecule has 0 bridgehead atoms. The standard InChI is InChI=1S/C11H17N/c1-11(2,3)10(12)9-7-5-4-6-8-9/h4-8,10H,12H2,1-3H3. The highest BCUT2D eigenvalue weighted by atomic mass is 14.7. The van der Waals surface area contributed by atoms with Crippen LogP contribution in [0.25, 0.3) is 0 Å². The summed E-state index contributed by atoms with van der Waals surface area (Å²) in [6.07, 6.45) is 0. The van der Waals surface area contributed by atoms with Gasteiger partial charge in [-0.1, -0.05) is 51.1 Å². The number of nitrogens with two attached hydrogens (primary N) is 1. The minimum Gasteiger partial charge on any atom is -0.324 e. The van der Waals surface area contributed by atoms with Crippen molar-refractivity contribution in [3.63, 3.8) is 0 Å². The van der Waals surface area contributed by atoms with Crippen LogP contribution >= 0.6 is 0 Å². The van der Waals surface area contributed by atoms with Gasteiger partial charge < -0.3 is 5.73 Å². The van der Waals surface area contributed by atoms with Crippen LogP contribution in [-0.4, -0.2) is 0 Å². The van der Waals surface area contributed by atoms with Crippen LogP contribution in [0.5, 0.6) is 0 Å². The van der Waals surface area contributed by atoms with E-state index in [0.717, 1.165) is 0 Å². The van der Waals surface area contributed by atoms with Gasteiger partial charge in [0.25, 0.3) is 0 Å². The topological polar surface area (TPSA) is 26.0 Å². The Morgan fingerprint density at radius 3 is 2.00 bits per heavy atom. The highest BCUT2D eigenvalue weighted by Gasteiger charge is 2.21.